The highest BCUT2D eigenvalue weighted by Crippen LogP contribution is 2.40. The first-order chi connectivity index (χ1) is 23.7. The molecule has 0 radical (unpaired) electrons. The van der Waals surface area contributed by atoms with Crippen LogP contribution < -0.4 is 15.5 Å². The number of hydrogen-bond donors (Lipinski definition) is 1. The predicted molar refractivity (Wildman–Crippen MR) is 190 cm³/mol. The van der Waals surface area contributed by atoms with E-state index in [1.54, 1.807) is 60.7 Å². The first kappa shape index (κ1) is 37.5. The van der Waals surface area contributed by atoms with Gasteiger partial charge in [0.15, 0.2) is 11.5 Å². The van der Waals surface area contributed by atoms with Crippen LogP contribution in [0.5, 0.6) is 0 Å². The van der Waals surface area contributed by atoms with Crippen molar-refractivity contribution in [3.8, 4) is 23.0 Å². The fourth-order valence-corrected chi connectivity index (χ4v) is 6.06. The zero-order chi connectivity index (χ0) is 37.5. The van der Waals surface area contributed by atoms with Gasteiger partial charge in [0.1, 0.15) is 22.6 Å². The van der Waals surface area contributed by atoms with Gasteiger partial charge in [0.2, 0.25) is 5.89 Å². The van der Waals surface area contributed by atoms with Crippen molar-refractivity contribution in [1.29, 1.82) is 0 Å². The summed E-state index contributed by atoms with van der Waals surface area (Å²) in [6.45, 7) is 17.4. The first-order valence-corrected chi connectivity index (χ1v) is 17.2. The minimum Gasteiger partial charge on any atom is -0.444 e. The van der Waals surface area contributed by atoms with E-state index in [1.165, 1.54) is 11.1 Å². The second-order valence-electron chi connectivity index (χ2n) is 16.2. The average Bonchev–Trinajstić information content (AvgIpc) is 3.73. The molecular weight excluding hydrogens is 656 g/mol. The number of hydrogen-bond acceptors (Lipinski definition) is 13. The lowest BCUT2D eigenvalue weighted by Gasteiger charge is -2.28. The third-order valence-corrected chi connectivity index (χ3v) is 8.29. The standard InChI is InChI=1S/C36H50N8O7/c1-34(2,3)49-31(45)42(10)18-21-11-13-22(14-12-21)29-40-41-30(48-29)27-28(44(32(46)50-35(4,5)6)33(47)51-36(7,8)9)38-17-26(39-27)43-19-23-15-16-25(37)24(23)20-43/h11-14,17,23-25H,15-16,18-20,37H2,1-10H3/t23-,24+,25?/m0/s1. The number of rotatable bonds is 6. The van der Waals surface area contributed by atoms with Gasteiger partial charge in [-0.15, -0.1) is 10.2 Å². The van der Waals surface area contributed by atoms with E-state index >= 15 is 0 Å². The van der Waals surface area contributed by atoms with Crippen molar-refractivity contribution < 1.29 is 33.0 Å². The summed E-state index contributed by atoms with van der Waals surface area (Å²) in [7, 11) is 1.67. The molecule has 1 saturated carbocycles. The first-order valence-electron chi connectivity index (χ1n) is 17.2. The molecule has 2 aromatic heterocycles. The molecule has 15 heteroatoms. The van der Waals surface area contributed by atoms with E-state index in [9.17, 15) is 14.4 Å². The van der Waals surface area contributed by atoms with E-state index in [0.29, 0.717) is 41.2 Å². The number of nitrogens with zero attached hydrogens (tertiary/aromatic N) is 7. The molecule has 51 heavy (non-hydrogen) atoms. The zero-order valence-electron chi connectivity index (χ0n) is 31.2. The summed E-state index contributed by atoms with van der Waals surface area (Å²) >= 11 is 0. The molecule has 2 N–H and O–H groups in total. The van der Waals surface area contributed by atoms with Crippen LogP contribution in [0.25, 0.3) is 23.0 Å². The Labute approximate surface area is 298 Å². The summed E-state index contributed by atoms with van der Waals surface area (Å²) in [5, 5.41) is 8.55. The monoisotopic (exact) mass is 706 g/mol. The maximum atomic E-state index is 13.6. The fourth-order valence-electron chi connectivity index (χ4n) is 6.06. The normalized spacial score (nSPS) is 19.0. The number of carbonyl (C=O) groups excluding carboxylic acids is 3. The summed E-state index contributed by atoms with van der Waals surface area (Å²) in [5.41, 5.74) is 5.37. The number of benzene rings is 1. The van der Waals surface area contributed by atoms with Gasteiger partial charge in [-0.25, -0.2) is 24.4 Å². The van der Waals surface area contributed by atoms with Crippen LogP contribution >= 0.6 is 0 Å². The molecule has 3 atom stereocenters. The lowest BCUT2D eigenvalue weighted by atomic mass is 9.98. The van der Waals surface area contributed by atoms with Gasteiger partial charge in [0, 0.05) is 38.3 Å². The van der Waals surface area contributed by atoms with Crippen molar-refractivity contribution in [2.75, 3.05) is 29.9 Å². The molecule has 2 fully saturated rings. The largest absolute Gasteiger partial charge is 0.444 e. The molecule has 1 unspecified atom stereocenters. The topological polar surface area (TPSA) is 179 Å². The molecule has 2 aliphatic rings. The van der Waals surface area contributed by atoms with Crippen LogP contribution in [0.4, 0.5) is 26.0 Å². The lowest BCUT2D eigenvalue weighted by molar-refractivity contribution is 0.0283. The molecule has 0 spiro atoms. The molecule has 3 heterocycles. The van der Waals surface area contributed by atoms with Crippen molar-refractivity contribution in [3.05, 3.63) is 36.0 Å². The Morgan fingerprint density at radius 1 is 0.843 bits per heavy atom. The highest BCUT2D eigenvalue weighted by atomic mass is 16.6. The number of anilines is 2. The molecule has 3 amide bonds. The summed E-state index contributed by atoms with van der Waals surface area (Å²) in [6.07, 6.45) is 1.10. The lowest BCUT2D eigenvalue weighted by Crippen LogP contribution is -2.44. The third-order valence-electron chi connectivity index (χ3n) is 8.29. The number of fused-ring (bicyclic) bond motifs is 1. The van der Waals surface area contributed by atoms with Gasteiger partial charge in [0.05, 0.1) is 6.20 Å². The summed E-state index contributed by atoms with van der Waals surface area (Å²) in [6, 6.07) is 7.38. The van der Waals surface area contributed by atoms with E-state index in [0.717, 1.165) is 24.9 Å². The van der Waals surface area contributed by atoms with Gasteiger partial charge in [0.25, 0.3) is 5.89 Å². The van der Waals surface area contributed by atoms with Crippen molar-refractivity contribution in [1.82, 2.24) is 25.1 Å². The molecule has 1 saturated heterocycles. The number of aromatic nitrogens is 4. The summed E-state index contributed by atoms with van der Waals surface area (Å²) in [5.74, 6) is 1.19. The van der Waals surface area contributed by atoms with Crippen LogP contribution in [0.15, 0.2) is 34.9 Å². The molecule has 1 aliphatic carbocycles. The molecule has 15 nitrogen and oxygen atoms in total. The Morgan fingerprint density at radius 3 is 1.98 bits per heavy atom. The fraction of sp³-hybridized carbons (Fsp3) is 0.583. The maximum Gasteiger partial charge on any atom is 0.425 e. The Balaban J connectivity index is 1.50. The van der Waals surface area contributed by atoms with E-state index in [2.05, 4.69) is 20.1 Å². The van der Waals surface area contributed by atoms with Crippen LogP contribution in [-0.4, -0.2) is 86.3 Å². The smallest absolute Gasteiger partial charge is 0.425 e. The van der Waals surface area contributed by atoms with Gasteiger partial charge < -0.3 is 34.2 Å². The average molecular weight is 707 g/mol. The quantitative estimate of drug-likeness (QED) is 0.278. The van der Waals surface area contributed by atoms with Gasteiger partial charge in [-0.3, -0.25) is 0 Å². The molecule has 1 aliphatic heterocycles. The number of nitrogens with two attached hydrogens (primary N) is 1. The molecule has 1 aromatic carbocycles. The zero-order valence-corrected chi connectivity index (χ0v) is 31.2. The van der Waals surface area contributed by atoms with Gasteiger partial charge >= 0.3 is 18.3 Å². The van der Waals surface area contributed by atoms with E-state index in [-0.39, 0.29) is 29.3 Å². The maximum absolute atomic E-state index is 13.6. The van der Waals surface area contributed by atoms with Crippen molar-refractivity contribution >= 4 is 29.9 Å². The van der Waals surface area contributed by atoms with Crippen LogP contribution in [0.1, 0.15) is 80.7 Å². The van der Waals surface area contributed by atoms with Crippen molar-refractivity contribution in [3.63, 3.8) is 0 Å². The van der Waals surface area contributed by atoms with E-state index in [4.69, 9.17) is 29.3 Å². The minimum atomic E-state index is -1.01. The highest BCUT2D eigenvalue weighted by Gasteiger charge is 2.42. The summed E-state index contributed by atoms with van der Waals surface area (Å²) in [4.78, 5) is 53.5. The number of imide groups is 1. The molecule has 0 bridgehead atoms. The van der Waals surface area contributed by atoms with Crippen LogP contribution in [0.2, 0.25) is 0 Å². The SMILES string of the molecule is CN(Cc1ccc(-c2nnc(-c3nc(N4C[C@@H]5CCC(N)[C@@H]5C4)cnc3N(C(=O)OC(C)(C)C)C(=O)OC(C)(C)C)o2)cc1)C(=O)OC(C)(C)C. The number of carbonyl (C=O) groups is 3. The van der Waals surface area contributed by atoms with Gasteiger partial charge in [-0.1, -0.05) is 12.1 Å². The molecule has 5 rings (SSSR count). The minimum absolute atomic E-state index is 0.0000630. The second kappa shape index (κ2) is 14.1. The molecule has 3 aromatic rings. The van der Waals surface area contributed by atoms with Crippen LogP contribution in [0, 0.1) is 11.8 Å². The van der Waals surface area contributed by atoms with Gasteiger partial charge in [-0.2, -0.15) is 4.90 Å². The van der Waals surface area contributed by atoms with Crippen molar-refractivity contribution in [2.24, 2.45) is 17.6 Å². The Hall–Kier alpha value is -4.79. The molecular formula is C36H50N8O7. The van der Waals surface area contributed by atoms with Crippen molar-refractivity contribution in [2.45, 2.75) is 105 Å². The summed E-state index contributed by atoms with van der Waals surface area (Å²) < 4.78 is 22.8. The number of ether oxygens (including phenoxy) is 3. The van der Waals surface area contributed by atoms with E-state index < -0.39 is 35.1 Å². The number of amides is 3. The Bertz CT molecular complexity index is 1710. The van der Waals surface area contributed by atoms with Crippen LogP contribution in [0.3, 0.4) is 0 Å². The molecule has 276 valence electrons. The Kier molecular flexibility index (Phi) is 10.3. The predicted octanol–water partition coefficient (Wildman–Crippen LogP) is 6.41. The van der Waals surface area contributed by atoms with Gasteiger partial charge in [-0.05, 0) is 105 Å². The Morgan fingerprint density at radius 2 is 1.41 bits per heavy atom. The van der Waals surface area contributed by atoms with Crippen LogP contribution in [-0.2, 0) is 20.8 Å². The second-order valence-corrected chi connectivity index (χ2v) is 16.2. The highest BCUT2D eigenvalue weighted by molar-refractivity contribution is 6.10. The van der Waals surface area contributed by atoms with E-state index in [1.807, 2.05) is 32.9 Å². The third kappa shape index (κ3) is 9.31.